The van der Waals surface area contributed by atoms with E-state index in [0.717, 1.165) is 4.90 Å². The van der Waals surface area contributed by atoms with E-state index >= 15 is 0 Å². The molecule has 1 amide bonds. The van der Waals surface area contributed by atoms with E-state index in [-0.39, 0.29) is 0 Å². The normalized spacial score (nSPS) is 11.9. The van der Waals surface area contributed by atoms with Crippen molar-refractivity contribution in [2.75, 3.05) is 11.4 Å². The Kier molecular flexibility index (Phi) is 5.12. The first-order valence-corrected chi connectivity index (χ1v) is 5.87. The van der Waals surface area contributed by atoms with Crippen molar-refractivity contribution >= 4 is 29.2 Å². The number of halogens is 1. The molecule has 0 saturated heterocycles. The van der Waals surface area contributed by atoms with Crippen LogP contribution < -0.4 is 10.6 Å². The third-order valence-corrected chi connectivity index (χ3v) is 2.71. The first kappa shape index (κ1) is 14.5. The van der Waals surface area contributed by atoms with Crippen LogP contribution in [0, 0.1) is 0 Å². The van der Waals surface area contributed by atoms with Crippen LogP contribution in [0.4, 0.5) is 5.69 Å². The molecule has 0 heterocycles. The van der Waals surface area contributed by atoms with Gasteiger partial charge in [0.25, 0.3) is 0 Å². The molecule has 98 valence electrons. The van der Waals surface area contributed by atoms with E-state index in [1.165, 1.54) is 0 Å². The fraction of sp³-hybridized carbons (Fsp3) is 0.333. The first-order chi connectivity index (χ1) is 8.45. The highest BCUT2D eigenvalue weighted by atomic mass is 35.5. The Morgan fingerprint density at radius 3 is 2.39 bits per heavy atom. The molecule has 18 heavy (non-hydrogen) atoms. The molecule has 0 aliphatic carbocycles. The summed E-state index contributed by atoms with van der Waals surface area (Å²) in [7, 11) is 0. The summed E-state index contributed by atoms with van der Waals surface area (Å²) in [4.78, 5) is 23.9. The Hall–Kier alpha value is -1.59. The third kappa shape index (κ3) is 3.72. The van der Waals surface area contributed by atoms with Crippen LogP contribution in [-0.2, 0) is 9.59 Å². The highest BCUT2D eigenvalue weighted by molar-refractivity contribution is 6.30. The number of nitrogens with two attached hydrogens (primary N) is 1. The number of aliphatic carboxylic acids is 1. The average Bonchev–Trinajstić information content (AvgIpc) is 2.35. The van der Waals surface area contributed by atoms with Gasteiger partial charge in [-0.25, -0.2) is 0 Å². The summed E-state index contributed by atoms with van der Waals surface area (Å²) in [5.74, 6) is -1.51. The predicted octanol–water partition coefficient (Wildman–Crippen LogP) is 1.49. The van der Waals surface area contributed by atoms with Crippen LogP contribution >= 0.6 is 11.6 Å². The molecule has 1 rings (SSSR count). The molecule has 0 radical (unpaired) electrons. The lowest BCUT2D eigenvalue weighted by Gasteiger charge is -2.23. The van der Waals surface area contributed by atoms with Gasteiger partial charge in [0, 0.05) is 10.7 Å². The van der Waals surface area contributed by atoms with Crippen molar-refractivity contribution in [3.8, 4) is 0 Å². The van der Waals surface area contributed by atoms with Gasteiger partial charge in [-0.05, 0) is 30.7 Å². The monoisotopic (exact) mass is 270 g/mol. The maximum Gasteiger partial charge on any atom is 0.323 e. The van der Waals surface area contributed by atoms with E-state index in [0.29, 0.717) is 17.1 Å². The summed E-state index contributed by atoms with van der Waals surface area (Å²) in [6.07, 6.45) is 0.447. The molecule has 6 heteroatoms. The van der Waals surface area contributed by atoms with Crippen LogP contribution in [0.5, 0.6) is 0 Å². The molecule has 0 fully saturated rings. The molecular formula is C12H15ClN2O3. The lowest BCUT2D eigenvalue weighted by atomic mass is 10.2. The maximum atomic E-state index is 12.0. The lowest BCUT2D eigenvalue weighted by molar-refractivity contribution is -0.136. The Morgan fingerprint density at radius 1 is 1.39 bits per heavy atom. The van der Waals surface area contributed by atoms with Crippen molar-refractivity contribution in [1.82, 2.24) is 0 Å². The van der Waals surface area contributed by atoms with Crippen LogP contribution in [0.15, 0.2) is 24.3 Å². The number of carboxylic acids is 1. The van der Waals surface area contributed by atoms with Gasteiger partial charge in [0.15, 0.2) is 0 Å². The van der Waals surface area contributed by atoms with Gasteiger partial charge < -0.3 is 10.8 Å². The molecule has 0 aliphatic heterocycles. The van der Waals surface area contributed by atoms with Crippen molar-refractivity contribution in [2.24, 2.45) is 5.73 Å². The minimum atomic E-state index is -1.10. The number of anilines is 1. The molecule has 0 spiro atoms. The van der Waals surface area contributed by atoms with Gasteiger partial charge in [0.05, 0.1) is 6.04 Å². The zero-order chi connectivity index (χ0) is 13.7. The van der Waals surface area contributed by atoms with E-state index in [2.05, 4.69) is 0 Å². The number of carbonyl (C=O) groups excluding carboxylic acids is 1. The van der Waals surface area contributed by atoms with Gasteiger partial charge >= 0.3 is 5.97 Å². The van der Waals surface area contributed by atoms with Crippen LogP contribution in [0.2, 0.25) is 5.02 Å². The van der Waals surface area contributed by atoms with E-state index in [9.17, 15) is 9.59 Å². The summed E-state index contributed by atoms with van der Waals surface area (Å²) in [6.45, 7) is 1.34. The van der Waals surface area contributed by atoms with Gasteiger partial charge in [-0.3, -0.25) is 14.5 Å². The molecule has 1 aromatic rings. The van der Waals surface area contributed by atoms with Gasteiger partial charge in [-0.1, -0.05) is 18.5 Å². The number of amides is 1. The minimum Gasteiger partial charge on any atom is -0.480 e. The van der Waals surface area contributed by atoms with Crippen LogP contribution in [0.1, 0.15) is 13.3 Å². The third-order valence-electron chi connectivity index (χ3n) is 2.45. The highest BCUT2D eigenvalue weighted by Gasteiger charge is 2.23. The molecular weight excluding hydrogens is 256 g/mol. The van der Waals surface area contributed by atoms with Crippen LogP contribution in [0.25, 0.3) is 0 Å². The molecule has 5 nitrogen and oxygen atoms in total. The van der Waals surface area contributed by atoms with Gasteiger partial charge in [-0.2, -0.15) is 0 Å². The smallest absolute Gasteiger partial charge is 0.323 e. The molecule has 0 bridgehead atoms. The molecule has 0 saturated carbocycles. The van der Waals surface area contributed by atoms with E-state index in [4.69, 9.17) is 22.4 Å². The number of rotatable bonds is 5. The Bertz CT molecular complexity index is 433. The molecule has 0 aliphatic rings. The van der Waals surface area contributed by atoms with E-state index < -0.39 is 24.5 Å². The van der Waals surface area contributed by atoms with Crippen LogP contribution in [-0.4, -0.2) is 29.6 Å². The number of carboxylic acid groups (broad SMARTS) is 1. The second-order valence-corrected chi connectivity index (χ2v) is 4.25. The Labute approximate surface area is 110 Å². The second kappa shape index (κ2) is 6.37. The van der Waals surface area contributed by atoms with Crippen molar-refractivity contribution in [1.29, 1.82) is 0 Å². The molecule has 0 unspecified atom stereocenters. The summed E-state index contributed by atoms with van der Waals surface area (Å²) < 4.78 is 0. The number of nitrogens with zero attached hydrogens (tertiary/aromatic N) is 1. The standard InChI is InChI=1S/C12H15ClN2O3/c1-2-10(14)12(18)15(7-11(16)17)9-5-3-8(13)4-6-9/h3-6,10H,2,7,14H2,1H3,(H,16,17)/t10-/m0/s1. The summed E-state index contributed by atoms with van der Waals surface area (Å²) >= 11 is 5.75. The van der Waals surface area contributed by atoms with E-state index in [1.54, 1.807) is 31.2 Å². The zero-order valence-electron chi connectivity index (χ0n) is 9.97. The van der Waals surface area contributed by atoms with E-state index in [1.807, 2.05) is 0 Å². The largest absolute Gasteiger partial charge is 0.480 e. The fourth-order valence-corrected chi connectivity index (χ4v) is 1.55. The summed E-state index contributed by atoms with van der Waals surface area (Å²) in [6, 6.07) is 5.66. The predicted molar refractivity (Wildman–Crippen MR) is 69.7 cm³/mol. The number of carbonyl (C=O) groups is 2. The topological polar surface area (TPSA) is 83.6 Å². The van der Waals surface area contributed by atoms with Crippen molar-refractivity contribution in [3.05, 3.63) is 29.3 Å². The van der Waals surface area contributed by atoms with Crippen molar-refractivity contribution in [3.63, 3.8) is 0 Å². The van der Waals surface area contributed by atoms with Crippen LogP contribution in [0.3, 0.4) is 0 Å². The van der Waals surface area contributed by atoms with Gasteiger partial charge in [-0.15, -0.1) is 0 Å². The Morgan fingerprint density at radius 2 is 1.94 bits per heavy atom. The van der Waals surface area contributed by atoms with Gasteiger partial charge in [0.1, 0.15) is 6.54 Å². The highest BCUT2D eigenvalue weighted by Crippen LogP contribution is 2.18. The summed E-state index contributed by atoms with van der Waals surface area (Å²) in [5, 5.41) is 9.36. The molecule has 3 N–H and O–H groups in total. The number of hydrogen-bond acceptors (Lipinski definition) is 3. The van der Waals surface area contributed by atoms with Gasteiger partial charge in [0.2, 0.25) is 5.91 Å². The first-order valence-electron chi connectivity index (χ1n) is 5.50. The average molecular weight is 271 g/mol. The van der Waals surface area contributed by atoms with Crippen molar-refractivity contribution in [2.45, 2.75) is 19.4 Å². The van der Waals surface area contributed by atoms with Crippen molar-refractivity contribution < 1.29 is 14.7 Å². The minimum absolute atomic E-state index is 0.415. The molecule has 0 aromatic heterocycles. The zero-order valence-corrected chi connectivity index (χ0v) is 10.7. The fourth-order valence-electron chi connectivity index (χ4n) is 1.43. The molecule has 1 aromatic carbocycles. The SMILES string of the molecule is CC[C@H](N)C(=O)N(CC(=O)O)c1ccc(Cl)cc1. The maximum absolute atomic E-state index is 12.0. The lowest BCUT2D eigenvalue weighted by Crippen LogP contribution is -2.45. The Balaban J connectivity index is 3.01. The second-order valence-electron chi connectivity index (χ2n) is 3.81. The number of hydrogen-bond donors (Lipinski definition) is 2. The number of benzene rings is 1. The summed E-state index contributed by atoms with van der Waals surface area (Å²) in [5.41, 5.74) is 6.12. The molecule has 1 atom stereocenters. The quantitative estimate of drug-likeness (QED) is 0.849.